The van der Waals surface area contributed by atoms with Gasteiger partial charge in [0, 0.05) is 51.8 Å². The van der Waals surface area contributed by atoms with Crippen LogP contribution in [0.3, 0.4) is 0 Å². The quantitative estimate of drug-likeness (QED) is 0.415. The van der Waals surface area contributed by atoms with Crippen molar-refractivity contribution >= 4 is 17.6 Å². The van der Waals surface area contributed by atoms with Crippen LogP contribution in [0.4, 0.5) is 5.69 Å². The van der Waals surface area contributed by atoms with E-state index in [1.165, 1.54) is 0 Å². The molecule has 4 rings (SSSR count). The standard InChI is InChI=1S/C21H29N7O2/c1-22-20(24-16-14-19(29)27(15-16)17-8-3-2-4-9-17)23-11-7-13-28-21(30)26-12-6-5-10-18(26)25-28/h2-4,8-9,16H,5-7,10-15H2,1H3,(H2,22,23,24). The van der Waals surface area contributed by atoms with Crippen molar-refractivity contribution in [2.24, 2.45) is 4.99 Å². The largest absolute Gasteiger partial charge is 0.356 e. The van der Waals surface area contributed by atoms with Crippen LogP contribution >= 0.6 is 0 Å². The molecule has 160 valence electrons. The number of aliphatic imine (C=N–C) groups is 1. The third kappa shape index (κ3) is 4.39. The summed E-state index contributed by atoms with van der Waals surface area (Å²) in [6, 6.07) is 9.72. The number of rotatable bonds is 6. The van der Waals surface area contributed by atoms with Crippen LogP contribution in [0.15, 0.2) is 40.1 Å². The number of fused-ring (bicyclic) bond motifs is 1. The fraction of sp³-hybridized carbons (Fsp3) is 0.524. The summed E-state index contributed by atoms with van der Waals surface area (Å²) in [5.41, 5.74) is 0.917. The minimum atomic E-state index is -0.00215. The Labute approximate surface area is 175 Å². The molecule has 0 bridgehead atoms. The van der Waals surface area contributed by atoms with Gasteiger partial charge < -0.3 is 15.5 Å². The third-order valence-electron chi connectivity index (χ3n) is 5.63. The predicted molar refractivity (Wildman–Crippen MR) is 116 cm³/mol. The van der Waals surface area contributed by atoms with E-state index in [0.29, 0.717) is 32.0 Å². The van der Waals surface area contributed by atoms with E-state index >= 15 is 0 Å². The summed E-state index contributed by atoms with van der Waals surface area (Å²) in [5, 5.41) is 11.1. The topological polar surface area (TPSA) is 96.5 Å². The number of para-hydroxylation sites is 1. The number of aryl methyl sites for hydroxylation is 2. The maximum Gasteiger partial charge on any atom is 0.345 e. The Kier molecular flexibility index (Phi) is 6.15. The van der Waals surface area contributed by atoms with Crippen LogP contribution in [-0.4, -0.2) is 52.4 Å². The molecule has 2 aliphatic heterocycles. The van der Waals surface area contributed by atoms with E-state index in [9.17, 15) is 9.59 Å². The molecular weight excluding hydrogens is 382 g/mol. The van der Waals surface area contributed by atoms with Gasteiger partial charge in [-0.1, -0.05) is 18.2 Å². The molecule has 1 atom stereocenters. The molecule has 0 spiro atoms. The molecule has 30 heavy (non-hydrogen) atoms. The highest BCUT2D eigenvalue weighted by Gasteiger charge is 2.31. The fourth-order valence-electron chi connectivity index (χ4n) is 4.08. The second-order valence-electron chi connectivity index (χ2n) is 7.77. The number of nitrogens with one attached hydrogen (secondary N) is 2. The maximum absolute atomic E-state index is 12.4. The number of nitrogens with zero attached hydrogens (tertiary/aromatic N) is 5. The highest BCUT2D eigenvalue weighted by molar-refractivity contribution is 5.97. The summed E-state index contributed by atoms with van der Waals surface area (Å²) in [5.74, 6) is 1.68. The molecule has 0 radical (unpaired) electrons. The Morgan fingerprint density at radius 2 is 2.07 bits per heavy atom. The number of guanidine groups is 1. The van der Waals surface area contributed by atoms with Crippen LogP contribution in [0.1, 0.15) is 31.5 Å². The van der Waals surface area contributed by atoms with E-state index in [2.05, 4.69) is 20.7 Å². The van der Waals surface area contributed by atoms with E-state index < -0.39 is 0 Å². The van der Waals surface area contributed by atoms with E-state index in [-0.39, 0.29) is 17.6 Å². The molecule has 2 aliphatic rings. The molecule has 1 fully saturated rings. The highest BCUT2D eigenvalue weighted by atomic mass is 16.2. The molecule has 9 nitrogen and oxygen atoms in total. The van der Waals surface area contributed by atoms with Crippen LogP contribution < -0.4 is 21.2 Å². The average molecular weight is 412 g/mol. The van der Waals surface area contributed by atoms with Gasteiger partial charge in [0.05, 0.1) is 6.04 Å². The van der Waals surface area contributed by atoms with Gasteiger partial charge in [0.1, 0.15) is 5.82 Å². The molecule has 3 heterocycles. The summed E-state index contributed by atoms with van der Waals surface area (Å²) in [6.07, 6.45) is 4.23. The lowest BCUT2D eigenvalue weighted by Gasteiger charge is -2.19. The van der Waals surface area contributed by atoms with Crippen LogP contribution in [-0.2, 0) is 24.3 Å². The number of hydrogen-bond acceptors (Lipinski definition) is 4. The molecule has 2 aromatic rings. The number of amides is 1. The van der Waals surface area contributed by atoms with Crippen molar-refractivity contribution < 1.29 is 4.79 Å². The van der Waals surface area contributed by atoms with Crippen molar-refractivity contribution in [1.29, 1.82) is 0 Å². The van der Waals surface area contributed by atoms with Crippen molar-refractivity contribution in [3.05, 3.63) is 46.6 Å². The van der Waals surface area contributed by atoms with Crippen molar-refractivity contribution in [3.8, 4) is 0 Å². The van der Waals surface area contributed by atoms with Gasteiger partial charge in [-0.3, -0.25) is 14.4 Å². The van der Waals surface area contributed by atoms with Gasteiger partial charge in [-0.25, -0.2) is 9.48 Å². The molecular formula is C21H29N7O2. The summed E-state index contributed by atoms with van der Waals surface area (Å²) >= 11 is 0. The van der Waals surface area contributed by atoms with Crippen molar-refractivity contribution in [2.45, 2.75) is 51.2 Å². The summed E-state index contributed by atoms with van der Waals surface area (Å²) in [6.45, 7) is 2.63. The van der Waals surface area contributed by atoms with Crippen molar-refractivity contribution in [1.82, 2.24) is 25.0 Å². The van der Waals surface area contributed by atoms with Gasteiger partial charge in [-0.15, -0.1) is 0 Å². The highest BCUT2D eigenvalue weighted by Crippen LogP contribution is 2.20. The Morgan fingerprint density at radius 1 is 1.23 bits per heavy atom. The third-order valence-corrected chi connectivity index (χ3v) is 5.63. The minimum absolute atomic E-state index is 0.00215. The van der Waals surface area contributed by atoms with Crippen LogP contribution in [0, 0.1) is 0 Å². The lowest BCUT2D eigenvalue weighted by Crippen LogP contribution is -2.45. The molecule has 0 aliphatic carbocycles. The minimum Gasteiger partial charge on any atom is -0.356 e. The molecule has 2 N–H and O–H groups in total. The Morgan fingerprint density at radius 3 is 2.83 bits per heavy atom. The Balaban J connectivity index is 1.24. The van der Waals surface area contributed by atoms with Gasteiger partial charge in [0.25, 0.3) is 0 Å². The zero-order valence-electron chi connectivity index (χ0n) is 17.4. The first-order valence-electron chi connectivity index (χ1n) is 10.6. The van der Waals surface area contributed by atoms with Crippen molar-refractivity contribution in [3.63, 3.8) is 0 Å². The Hall–Kier alpha value is -3.10. The number of aromatic nitrogens is 3. The van der Waals surface area contributed by atoms with Gasteiger partial charge in [-0.05, 0) is 31.4 Å². The molecule has 1 saturated heterocycles. The number of hydrogen-bond donors (Lipinski definition) is 2. The molecule has 0 saturated carbocycles. The normalized spacial score (nSPS) is 19.1. The second kappa shape index (κ2) is 9.15. The maximum atomic E-state index is 12.4. The number of carbonyl (C=O) groups is 1. The smallest absolute Gasteiger partial charge is 0.345 e. The lowest BCUT2D eigenvalue weighted by molar-refractivity contribution is -0.117. The Bertz CT molecular complexity index is 963. The van der Waals surface area contributed by atoms with Crippen LogP contribution in [0.5, 0.6) is 0 Å². The van der Waals surface area contributed by atoms with E-state index in [1.807, 2.05) is 30.3 Å². The molecule has 1 unspecified atom stereocenters. The zero-order valence-corrected chi connectivity index (χ0v) is 17.4. The van der Waals surface area contributed by atoms with E-state index in [4.69, 9.17) is 0 Å². The molecule has 9 heteroatoms. The summed E-state index contributed by atoms with van der Waals surface area (Å²) in [7, 11) is 1.72. The van der Waals surface area contributed by atoms with E-state index in [1.54, 1.807) is 21.2 Å². The fourth-order valence-corrected chi connectivity index (χ4v) is 4.08. The summed E-state index contributed by atoms with van der Waals surface area (Å²) in [4.78, 5) is 30.8. The van der Waals surface area contributed by atoms with Crippen molar-refractivity contribution in [2.75, 3.05) is 25.0 Å². The number of carbonyl (C=O) groups excluding carboxylic acids is 1. The monoisotopic (exact) mass is 411 g/mol. The SMILES string of the molecule is CN=C(NCCCn1nc2n(c1=O)CCCC2)NC1CC(=O)N(c2ccccc2)C1. The van der Waals surface area contributed by atoms with Gasteiger partial charge in [0.2, 0.25) is 5.91 Å². The van der Waals surface area contributed by atoms with Gasteiger partial charge in [0.15, 0.2) is 5.96 Å². The first-order chi connectivity index (χ1) is 14.7. The molecule has 1 aromatic heterocycles. The first kappa shape index (κ1) is 20.2. The lowest BCUT2D eigenvalue weighted by atomic mass is 10.2. The first-order valence-corrected chi connectivity index (χ1v) is 10.6. The van der Waals surface area contributed by atoms with Crippen LogP contribution in [0.2, 0.25) is 0 Å². The van der Waals surface area contributed by atoms with Crippen LogP contribution in [0.25, 0.3) is 0 Å². The predicted octanol–water partition coefficient (Wildman–Crippen LogP) is 0.742. The summed E-state index contributed by atoms with van der Waals surface area (Å²) < 4.78 is 3.37. The molecule has 1 amide bonds. The average Bonchev–Trinajstić information content (AvgIpc) is 3.30. The number of benzene rings is 1. The zero-order chi connectivity index (χ0) is 20.9. The van der Waals surface area contributed by atoms with Gasteiger partial charge in [-0.2, -0.15) is 5.10 Å². The number of anilines is 1. The van der Waals surface area contributed by atoms with E-state index in [0.717, 1.165) is 43.7 Å². The second-order valence-corrected chi connectivity index (χ2v) is 7.77. The molecule has 1 aromatic carbocycles. The van der Waals surface area contributed by atoms with Gasteiger partial charge >= 0.3 is 5.69 Å².